The first-order valence-corrected chi connectivity index (χ1v) is 4.29. The van der Waals surface area contributed by atoms with Gasteiger partial charge in [0.2, 0.25) is 0 Å². The van der Waals surface area contributed by atoms with E-state index in [1.807, 2.05) is 0 Å². The second kappa shape index (κ2) is 3.45. The zero-order chi connectivity index (χ0) is 9.97. The molecule has 0 aliphatic rings. The third-order valence-electron chi connectivity index (χ3n) is 1.82. The highest BCUT2D eigenvalue weighted by Gasteiger charge is 2.10. The fourth-order valence-corrected chi connectivity index (χ4v) is 1.22. The van der Waals surface area contributed by atoms with E-state index in [1.165, 1.54) is 6.33 Å². The summed E-state index contributed by atoms with van der Waals surface area (Å²) in [6, 6.07) is 5.19. The maximum atomic E-state index is 11.5. The van der Waals surface area contributed by atoms with Crippen LogP contribution in [0.3, 0.4) is 0 Å². The van der Waals surface area contributed by atoms with Gasteiger partial charge in [-0.05, 0) is 19.1 Å². The molecule has 0 spiro atoms. The van der Waals surface area contributed by atoms with E-state index in [1.54, 1.807) is 29.5 Å². The van der Waals surface area contributed by atoms with Crippen molar-refractivity contribution in [1.82, 2.24) is 14.6 Å². The molecule has 0 aliphatic heterocycles. The quantitative estimate of drug-likeness (QED) is 0.662. The third-order valence-corrected chi connectivity index (χ3v) is 1.82. The number of fused-ring (bicyclic) bond motifs is 1. The minimum absolute atomic E-state index is 0.358. The molecule has 0 aromatic carbocycles. The van der Waals surface area contributed by atoms with Crippen LogP contribution in [0.2, 0.25) is 0 Å². The van der Waals surface area contributed by atoms with Crippen molar-refractivity contribution in [1.29, 1.82) is 0 Å². The molecule has 0 saturated heterocycles. The predicted molar refractivity (Wildman–Crippen MR) is 48.9 cm³/mol. The number of rotatable bonds is 2. The van der Waals surface area contributed by atoms with Crippen LogP contribution in [-0.4, -0.2) is 27.2 Å². The Morgan fingerprint density at radius 1 is 1.57 bits per heavy atom. The summed E-state index contributed by atoms with van der Waals surface area (Å²) < 4.78 is 6.49. The van der Waals surface area contributed by atoms with Gasteiger partial charge in [-0.25, -0.2) is 4.79 Å². The Balaban J connectivity index is 2.50. The van der Waals surface area contributed by atoms with Gasteiger partial charge in [0, 0.05) is 0 Å². The van der Waals surface area contributed by atoms with E-state index >= 15 is 0 Å². The summed E-state index contributed by atoms with van der Waals surface area (Å²) in [6.07, 6.45) is 1.49. The highest BCUT2D eigenvalue weighted by Crippen LogP contribution is 2.05. The van der Waals surface area contributed by atoms with Crippen molar-refractivity contribution < 1.29 is 9.53 Å². The molecule has 0 atom stereocenters. The number of nitrogens with zero attached hydrogens (tertiary/aromatic N) is 3. The molecule has 2 aromatic rings. The zero-order valence-electron chi connectivity index (χ0n) is 7.67. The molecular weight excluding hydrogens is 182 g/mol. The number of hydrogen-bond donors (Lipinski definition) is 0. The Bertz CT molecular complexity index is 464. The largest absolute Gasteiger partial charge is 0.461 e. The number of esters is 1. The Hall–Kier alpha value is -1.91. The van der Waals surface area contributed by atoms with Gasteiger partial charge in [-0.1, -0.05) is 6.07 Å². The average molecular weight is 191 g/mol. The summed E-state index contributed by atoms with van der Waals surface area (Å²) in [6.45, 7) is 2.13. The Morgan fingerprint density at radius 3 is 3.21 bits per heavy atom. The van der Waals surface area contributed by atoms with Crippen LogP contribution in [0.15, 0.2) is 24.5 Å². The van der Waals surface area contributed by atoms with Crippen molar-refractivity contribution in [2.75, 3.05) is 6.61 Å². The van der Waals surface area contributed by atoms with E-state index in [2.05, 4.69) is 10.2 Å². The van der Waals surface area contributed by atoms with Crippen molar-refractivity contribution in [3.05, 3.63) is 30.2 Å². The maximum absolute atomic E-state index is 11.5. The zero-order valence-corrected chi connectivity index (χ0v) is 7.67. The SMILES string of the molecule is CCOC(=O)c1cccc2nncn12. The standard InChI is InChI=1S/C9H9N3O2/c1-2-14-9(13)7-4-3-5-8-11-10-6-12(7)8/h3-6H,2H2,1H3. The van der Waals surface area contributed by atoms with Gasteiger partial charge in [0.15, 0.2) is 5.65 Å². The molecule has 0 aliphatic carbocycles. The number of carbonyl (C=O) groups excluding carboxylic acids is 1. The molecule has 0 bridgehead atoms. The first kappa shape index (κ1) is 8.68. The molecule has 0 saturated carbocycles. The van der Waals surface area contributed by atoms with Gasteiger partial charge in [-0.2, -0.15) is 0 Å². The van der Waals surface area contributed by atoms with Gasteiger partial charge in [0.05, 0.1) is 6.61 Å². The lowest BCUT2D eigenvalue weighted by atomic mass is 10.3. The molecule has 5 heteroatoms. The number of ether oxygens (including phenoxy) is 1. The lowest BCUT2D eigenvalue weighted by Crippen LogP contribution is -2.09. The Kier molecular flexibility index (Phi) is 2.14. The molecule has 2 heterocycles. The van der Waals surface area contributed by atoms with Crippen LogP contribution in [-0.2, 0) is 4.74 Å². The second-order valence-corrected chi connectivity index (χ2v) is 2.69. The van der Waals surface area contributed by atoms with Crippen LogP contribution < -0.4 is 0 Å². The molecule has 0 fully saturated rings. The van der Waals surface area contributed by atoms with Crippen LogP contribution >= 0.6 is 0 Å². The minimum atomic E-state index is -0.363. The molecule has 72 valence electrons. The first-order valence-electron chi connectivity index (χ1n) is 4.29. The lowest BCUT2D eigenvalue weighted by Gasteiger charge is -2.02. The fourth-order valence-electron chi connectivity index (χ4n) is 1.22. The molecule has 5 nitrogen and oxygen atoms in total. The van der Waals surface area contributed by atoms with Gasteiger partial charge < -0.3 is 4.74 Å². The van der Waals surface area contributed by atoms with E-state index in [9.17, 15) is 4.79 Å². The van der Waals surface area contributed by atoms with Crippen LogP contribution in [0, 0.1) is 0 Å². The van der Waals surface area contributed by atoms with Crippen molar-refractivity contribution in [3.8, 4) is 0 Å². The number of hydrogen-bond acceptors (Lipinski definition) is 4. The summed E-state index contributed by atoms with van der Waals surface area (Å²) in [7, 11) is 0. The van der Waals surface area contributed by atoms with E-state index < -0.39 is 0 Å². The highest BCUT2D eigenvalue weighted by atomic mass is 16.5. The summed E-state index contributed by atoms with van der Waals surface area (Å²) in [5.74, 6) is -0.363. The number of pyridine rings is 1. The van der Waals surface area contributed by atoms with Crippen molar-refractivity contribution in [2.45, 2.75) is 6.92 Å². The number of carbonyl (C=O) groups is 1. The van der Waals surface area contributed by atoms with Gasteiger partial charge in [-0.3, -0.25) is 4.40 Å². The van der Waals surface area contributed by atoms with Crippen LogP contribution in [0.5, 0.6) is 0 Å². The summed E-state index contributed by atoms with van der Waals surface area (Å²) in [4.78, 5) is 11.5. The van der Waals surface area contributed by atoms with Gasteiger partial charge >= 0.3 is 5.97 Å². The first-order chi connectivity index (χ1) is 6.83. The van der Waals surface area contributed by atoms with Gasteiger partial charge in [-0.15, -0.1) is 10.2 Å². The lowest BCUT2D eigenvalue weighted by molar-refractivity contribution is 0.0517. The van der Waals surface area contributed by atoms with Crippen LogP contribution in [0.4, 0.5) is 0 Å². The van der Waals surface area contributed by atoms with E-state index in [4.69, 9.17) is 4.74 Å². The van der Waals surface area contributed by atoms with Crippen LogP contribution in [0.25, 0.3) is 5.65 Å². The summed E-state index contributed by atoms with van der Waals surface area (Å²) >= 11 is 0. The van der Waals surface area contributed by atoms with E-state index in [0.29, 0.717) is 17.9 Å². The molecule has 2 aromatic heterocycles. The second-order valence-electron chi connectivity index (χ2n) is 2.69. The van der Waals surface area contributed by atoms with Crippen molar-refractivity contribution in [2.24, 2.45) is 0 Å². The van der Waals surface area contributed by atoms with Gasteiger partial charge in [0.1, 0.15) is 12.0 Å². The fraction of sp³-hybridized carbons (Fsp3) is 0.222. The Labute approximate surface area is 80.3 Å². The monoisotopic (exact) mass is 191 g/mol. The van der Waals surface area contributed by atoms with Crippen LogP contribution in [0.1, 0.15) is 17.4 Å². The molecule has 0 N–H and O–H groups in total. The molecule has 0 unspecified atom stereocenters. The molecule has 2 rings (SSSR count). The van der Waals surface area contributed by atoms with Gasteiger partial charge in [0.25, 0.3) is 0 Å². The average Bonchev–Trinajstić information content (AvgIpc) is 2.65. The predicted octanol–water partition coefficient (Wildman–Crippen LogP) is 0.906. The molecule has 14 heavy (non-hydrogen) atoms. The third kappa shape index (κ3) is 1.32. The summed E-state index contributed by atoms with van der Waals surface area (Å²) in [5.41, 5.74) is 1.07. The van der Waals surface area contributed by atoms with Crippen molar-refractivity contribution in [3.63, 3.8) is 0 Å². The number of aromatic nitrogens is 3. The highest BCUT2D eigenvalue weighted by molar-refractivity contribution is 5.88. The Morgan fingerprint density at radius 2 is 2.43 bits per heavy atom. The normalized spacial score (nSPS) is 10.4. The molecule has 0 radical (unpaired) electrons. The van der Waals surface area contributed by atoms with E-state index in [-0.39, 0.29) is 5.97 Å². The smallest absolute Gasteiger partial charge is 0.355 e. The molecule has 0 amide bonds. The van der Waals surface area contributed by atoms with E-state index in [0.717, 1.165) is 0 Å². The molecular formula is C9H9N3O2. The topological polar surface area (TPSA) is 56.5 Å². The minimum Gasteiger partial charge on any atom is -0.461 e. The summed E-state index contributed by atoms with van der Waals surface area (Å²) in [5, 5.41) is 7.54. The maximum Gasteiger partial charge on any atom is 0.355 e. The van der Waals surface area contributed by atoms with Crippen molar-refractivity contribution >= 4 is 11.6 Å².